The van der Waals surface area contributed by atoms with Gasteiger partial charge in [-0.1, -0.05) is 59.9 Å². The first kappa shape index (κ1) is 25.9. The lowest BCUT2D eigenvalue weighted by atomic mass is 10.1. The van der Waals surface area contributed by atoms with E-state index in [1.807, 2.05) is 32.0 Å². The lowest BCUT2D eigenvalue weighted by Crippen LogP contribution is -2.50. The van der Waals surface area contributed by atoms with Crippen molar-refractivity contribution in [3.05, 3.63) is 68.7 Å². The number of nitrogens with zero attached hydrogens (tertiary/aromatic N) is 1. The van der Waals surface area contributed by atoms with Crippen molar-refractivity contribution < 1.29 is 9.59 Å². The van der Waals surface area contributed by atoms with Crippen LogP contribution in [0.4, 0.5) is 0 Å². The summed E-state index contributed by atoms with van der Waals surface area (Å²) in [5.41, 5.74) is 1.90. The van der Waals surface area contributed by atoms with Gasteiger partial charge in [-0.25, -0.2) is 0 Å². The molecule has 2 aromatic carbocycles. The maximum atomic E-state index is 13.1. The molecule has 0 aliphatic carbocycles. The average molecular weight is 502 g/mol. The molecule has 4 nitrogen and oxygen atoms in total. The summed E-state index contributed by atoms with van der Waals surface area (Å²) >= 11 is 19.5. The minimum absolute atomic E-state index is 0.0477. The fourth-order valence-corrected chi connectivity index (χ4v) is 4.11. The highest BCUT2D eigenvalue weighted by Gasteiger charge is 2.26. The number of hydrogen-bond donors (Lipinski definition) is 1. The summed E-state index contributed by atoms with van der Waals surface area (Å²) in [5.74, 6) is 0.595. The van der Waals surface area contributed by atoms with Crippen LogP contribution in [0.25, 0.3) is 0 Å². The maximum Gasteiger partial charge on any atom is 0.242 e. The molecule has 2 rings (SSSR count). The Bertz CT molecular complexity index is 893. The van der Waals surface area contributed by atoms with Gasteiger partial charge in [0.1, 0.15) is 6.04 Å². The molecule has 0 aliphatic rings. The Morgan fingerprint density at radius 2 is 1.65 bits per heavy atom. The summed E-state index contributed by atoms with van der Waals surface area (Å²) in [4.78, 5) is 27.4. The average Bonchev–Trinajstić information content (AvgIpc) is 2.75. The second-order valence-electron chi connectivity index (χ2n) is 7.38. The predicted molar refractivity (Wildman–Crippen MR) is 132 cm³/mol. The third-order valence-electron chi connectivity index (χ3n) is 4.91. The Balaban J connectivity index is 2.07. The first-order valence-electron chi connectivity index (χ1n) is 10.1. The van der Waals surface area contributed by atoms with Crippen LogP contribution in [0.1, 0.15) is 38.3 Å². The highest BCUT2D eigenvalue weighted by Crippen LogP contribution is 2.25. The number of halogens is 3. The SMILES string of the molecule is CCC(C)NC(=O)C(C)N(Cc1ccc(Cl)cc1)C(=O)CSCc1ccc(Cl)c(Cl)c1. The van der Waals surface area contributed by atoms with Crippen LogP contribution in [0.5, 0.6) is 0 Å². The van der Waals surface area contributed by atoms with Crippen LogP contribution in [0, 0.1) is 0 Å². The van der Waals surface area contributed by atoms with Gasteiger partial charge < -0.3 is 10.2 Å². The summed E-state index contributed by atoms with van der Waals surface area (Å²) in [5, 5.41) is 4.58. The molecular formula is C23H27Cl3N2O2S. The molecule has 0 saturated carbocycles. The Morgan fingerprint density at radius 1 is 1.00 bits per heavy atom. The molecule has 2 amide bonds. The molecule has 1 N–H and O–H groups in total. The Hall–Kier alpha value is -1.40. The molecule has 0 spiro atoms. The van der Waals surface area contributed by atoms with Crippen LogP contribution in [0.3, 0.4) is 0 Å². The van der Waals surface area contributed by atoms with Gasteiger partial charge >= 0.3 is 0 Å². The van der Waals surface area contributed by atoms with Gasteiger partial charge in [-0.15, -0.1) is 11.8 Å². The zero-order chi connectivity index (χ0) is 23.0. The number of thioether (sulfide) groups is 1. The summed E-state index contributed by atoms with van der Waals surface area (Å²) in [6, 6.07) is 12.2. The maximum absolute atomic E-state index is 13.1. The van der Waals surface area contributed by atoms with E-state index in [0.29, 0.717) is 27.4 Å². The first-order chi connectivity index (χ1) is 14.7. The molecule has 168 valence electrons. The summed E-state index contributed by atoms with van der Waals surface area (Å²) in [7, 11) is 0. The standard InChI is InChI=1S/C23H27Cl3N2O2S/c1-4-15(2)27-23(30)16(3)28(12-17-5-8-19(24)9-6-17)22(29)14-31-13-18-7-10-20(25)21(26)11-18/h5-11,15-16H,4,12-14H2,1-3H3,(H,27,30). The molecule has 0 heterocycles. The number of hydrogen-bond acceptors (Lipinski definition) is 3. The first-order valence-corrected chi connectivity index (χ1v) is 12.4. The molecule has 0 saturated heterocycles. The zero-order valence-corrected chi connectivity index (χ0v) is 20.9. The van der Waals surface area contributed by atoms with Crippen LogP contribution in [0.15, 0.2) is 42.5 Å². The van der Waals surface area contributed by atoms with E-state index in [0.717, 1.165) is 17.5 Å². The van der Waals surface area contributed by atoms with Gasteiger partial charge in [-0.05, 0) is 55.7 Å². The summed E-state index contributed by atoms with van der Waals surface area (Å²) in [6.07, 6.45) is 0.823. The Kier molecular flexibility index (Phi) is 10.5. The van der Waals surface area contributed by atoms with Crippen LogP contribution >= 0.6 is 46.6 Å². The van der Waals surface area contributed by atoms with E-state index in [2.05, 4.69) is 5.32 Å². The minimum Gasteiger partial charge on any atom is -0.352 e. The van der Waals surface area contributed by atoms with E-state index < -0.39 is 6.04 Å². The van der Waals surface area contributed by atoms with E-state index in [1.165, 1.54) is 11.8 Å². The molecule has 0 bridgehead atoms. The normalized spacial score (nSPS) is 12.8. The van der Waals surface area contributed by atoms with E-state index in [4.69, 9.17) is 34.8 Å². The molecule has 0 aromatic heterocycles. The largest absolute Gasteiger partial charge is 0.352 e. The van der Waals surface area contributed by atoms with Gasteiger partial charge in [0.2, 0.25) is 11.8 Å². The van der Waals surface area contributed by atoms with Crippen molar-refractivity contribution in [1.82, 2.24) is 10.2 Å². The van der Waals surface area contributed by atoms with Gasteiger partial charge in [0, 0.05) is 23.4 Å². The molecule has 2 atom stereocenters. The number of carbonyl (C=O) groups excluding carboxylic acids is 2. The zero-order valence-electron chi connectivity index (χ0n) is 17.8. The number of rotatable bonds is 10. The van der Waals surface area contributed by atoms with E-state index >= 15 is 0 Å². The van der Waals surface area contributed by atoms with Gasteiger partial charge in [0.05, 0.1) is 15.8 Å². The number of amides is 2. The van der Waals surface area contributed by atoms with Gasteiger partial charge in [-0.3, -0.25) is 9.59 Å². The highest BCUT2D eigenvalue weighted by molar-refractivity contribution is 7.99. The highest BCUT2D eigenvalue weighted by atomic mass is 35.5. The molecule has 2 aromatic rings. The topological polar surface area (TPSA) is 49.4 Å². The Morgan fingerprint density at radius 3 is 2.26 bits per heavy atom. The van der Waals surface area contributed by atoms with Gasteiger partial charge in [0.25, 0.3) is 0 Å². The monoisotopic (exact) mass is 500 g/mol. The van der Waals surface area contributed by atoms with Crippen molar-refractivity contribution in [3.63, 3.8) is 0 Å². The fraction of sp³-hybridized carbons (Fsp3) is 0.391. The molecule has 0 fully saturated rings. The second-order valence-corrected chi connectivity index (χ2v) is 9.62. The number of carbonyl (C=O) groups is 2. The third-order valence-corrected chi connectivity index (χ3v) is 6.89. The molecule has 0 aliphatic heterocycles. The molecule has 2 unspecified atom stereocenters. The number of nitrogens with one attached hydrogen (secondary N) is 1. The smallest absolute Gasteiger partial charge is 0.242 e. The van der Waals surface area contributed by atoms with E-state index in [1.54, 1.807) is 36.1 Å². The Labute approximate surface area is 203 Å². The van der Waals surface area contributed by atoms with Gasteiger partial charge in [-0.2, -0.15) is 0 Å². The molecule has 0 radical (unpaired) electrons. The van der Waals surface area contributed by atoms with Crippen molar-refractivity contribution in [2.45, 2.75) is 51.6 Å². The van der Waals surface area contributed by atoms with Crippen molar-refractivity contribution in [1.29, 1.82) is 0 Å². The molecule has 31 heavy (non-hydrogen) atoms. The lowest BCUT2D eigenvalue weighted by molar-refractivity contribution is -0.138. The second kappa shape index (κ2) is 12.6. The molecule has 8 heteroatoms. The van der Waals surface area contributed by atoms with Crippen LogP contribution < -0.4 is 5.32 Å². The lowest BCUT2D eigenvalue weighted by Gasteiger charge is -2.29. The van der Waals surface area contributed by atoms with Crippen molar-refractivity contribution in [3.8, 4) is 0 Å². The molecular weight excluding hydrogens is 475 g/mol. The summed E-state index contributed by atoms with van der Waals surface area (Å²) < 4.78 is 0. The van der Waals surface area contributed by atoms with Gasteiger partial charge in [0.15, 0.2) is 0 Å². The predicted octanol–water partition coefficient (Wildman–Crippen LogP) is 6.21. The van der Waals surface area contributed by atoms with Crippen LogP contribution in [-0.2, 0) is 21.9 Å². The third kappa shape index (κ3) is 8.23. The van der Waals surface area contributed by atoms with E-state index in [-0.39, 0.29) is 23.6 Å². The van der Waals surface area contributed by atoms with Crippen molar-refractivity contribution >= 4 is 58.4 Å². The van der Waals surface area contributed by atoms with Crippen molar-refractivity contribution in [2.24, 2.45) is 0 Å². The minimum atomic E-state index is -0.595. The van der Waals surface area contributed by atoms with Crippen LogP contribution in [0.2, 0.25) is 15.1 Å². The summed E-state index contributed by atoms with van der Waals surface area (Å²) in [6.45, 7) is 6.04. The van der Waals surface area contributed by atoms with Crippen LogP contribution in [-0.4, -0.2) is 34.6 Å². The number of benzene rings is 2. The fourth-order valence-electron chi connectivity index (χ4n) is 2.80. The quantitative estimate of drug-likeness (QED) is 0.421. The van der Waals surface area contributed by atoms with E-state index in [9.17, 15) is 9.59 Å². The van der Waals surface area contributed by atoms with Crippen molar-refractivity contribution in [2.75, 3.05) is 5.75 Å².